The molecule has 2 N–H and O–H groups in total. The third-order valence-electron chi connectivity index (χ3n) is 3.26. The Morgan fingerprint density at radius 1 is 1.30 bits per heavy atom. The molecule has 1 aliphatic rings. The molecule has 7 nitrogen and oxygen atoms in total. The number of carbonyl (C=O) groups excluding carboxylic acids is 1. The average Bonchev–Trinajstić information content (AvgIpc) is 3.07. The summed E-state index contributed by atoms with van der Waals surface area (Å²) in [6.45, 7) is 0. The van der Waals surface area contributed by atoms with Crippen molar-refractivity contribution >= 4 is 5.91 Å². The minimum Gasteiger partial charge on any atom is -0.447 e. The third-order valence-corrected chi connectivity index (χ3v) is 3.26. The summed E-state index contributed by atoms with van der Waals surface area (Å²) in [6.07, 6.45) is 8.23. The Kier molecular flexibility index (Phi) is 3.58. The number of nitrogens with one attached hydrogen (secondary N) is 2. The number of furan rings is 1. The second-order valence-electron chi connectivity index (χ2n) is 4.70. The molecule has 2 heterocycles. The van der Waals surface area contributed by atoms with Crippen molar-refractivity contribution in [2.75, 3.05) is 0 Å². The summed E-state index contributed by atoms with van der Waals surface area (Å²) in [4.78, 5) is 12.1. The van der Waals surface area contributed by atoms with Gasteiger partial charge in [0.2, 0.25) is 5.82 Å². The number of tetrazole rings is 1. The van der Waals surface area contributed by atoms with Crippen molar-refractivity contribution in [3.63, 3.8) is 0 Å². The highest BCUT2D eigenvalue weighted by molar-refractivity contribution is 5.92. The lowest BCUT2D eigenvalue weighted by Gasteiger charge is -2.14. The molecule has 2 aromatic rings. The van der Waals surface area contributed by atoms with Crippen molar-refractivity contribution in [1.29, 1.82) is 0 Å². The molecule has 0 aromatic carbocycles. The van der Waals surface area contributed by atoms with Gasteiger partial charge in [-0.25, -0.2) is 0 Å². The number of H-pyrrole nitrogens is 1. The minimum atomic E-state index is -0.202. The van der Waals surface area contributed by atoms with Crippen LogP contribution in [0.2, 0.25) is 0 Å². The summed E-state index contributed by atoms with van der Waals surface area (Å²) in [5.74, 6) is 0.822. The number of carbonyl (C=O) groups is 1. The molecule has 0 saturated heterocycles. The smallest absolute Gasteiger partial charge is 0.287 e. The number of aromatic nitrogens is 4. The van der Waals surface area contributed by atoms with Gasteiger partial charge in [-0.15, -0.1) is 10.2 Å². The van der Waals surface area contributed by atoms with Crippen molar-refractivity contribution in [3.8, 4) is 11.6 Å². The van der Waals surface area contributed by atoms with Gasteiger partial charge < -0.3 is 9.73 Å². The average molecular weight is 273 g/mol. The number of nitrogens with zero attached hydrogens (tertiary/aromatic N) is 3. The van der Waals surface area contributed by atoms with Crippen LogP contribution in [0.15, 0.2) is 28.7 Å². The topological polar surface area (TPSA) is 96.7 Å². The van der Waals surface area contributed by atoms with E-state index in [1.54, 1.807) is 12.1 Å². The van der Waals surface area contributed by atoms with Gasteiger partial charge in [-0.3, -0.25) is 4.79 Å². The first kappa shape index (κ1) is 12.6. The van der Waals surface area contributed by atoms with Crippen LogP contribution in [-0.2, 0) is 0 Å². The molecule has 7 heteroatoms. The van der Waals surface area contributed by atoms with E-state index in [4.69, 9.17) is 4.42 Å². The molecular formula is C13H15N5O2. The lowest BCUT2D eigenvalue weighted by atomic mass is 10.1. The standard InChI is InChI=1S/C13H15N5O2/c19-13(14-9-5-3-1-2-4-6-9)11-8-7-10(20-11)12-15-17-18-16-12/h1-2,7-9H,3-6H2,(H,14,19)(H,15,16,17,18). The molecule has 2 aromatic heterocycles. The zero-order valence-corrected chi connectivity index (χ0v) is 10.9. The number of allylic oxidation sites excluding steroid dienone is 2. The molecule has 104 valence electrons. The molecule has 0 saturated carbocycles. The fraction of sp³-hybridized carbons (Fsp3) is 0.385. The lowest BCUT2D eigenvalue weighted by molar-refractivity contribution is 0.0906. The van der Waals surface area contributed by atoms with Crippen molar-refractivity contribution < 1.29 is 9.21 Å². The maximum Gasteiger partial charge on any atom is 0.287 e. The van der Waals surface area contributed by atoms with Gasteiger partial charge in [0.05, 0.1) is 0 Å². The summed E-state index contributed by atoms with van der Waals surface area (Å²) in [6, 6.07) is 3.47. The predicted molar refractivity (Wildman–Crippen MR) is 70.7 cm³/mol. The largest absolute Gasteiger partial charge is 0.447 e. The van der Waals surface area contributed by atoms with Crippen LogP contribution >= 0.6 is 0 Å². The quantitative estimate of drug-likeness (QED) is 0.829. The van der Waals surface area contributed by atoms with E-state index in [9.17, 15) is 4.79 Å². The van der Waals surface area contributed by atoms with E-state index in [0.717, 1.165) is 25.7 Å². The minimum absolute atomic E-state index is 0.191. The first-order valence-corrected chi connectivity index (χ1v) is 6.62. The molecule has 1 aliphatic carbocycles. The molecule has 0 aliphatic heterocycles. The van der Waals surface area contributed by atoms with Crippen LogP contribution in [0.25, 0.3) is 11.6 Å². The molecule has 0 unspecified atom stereocenters. The number of rotatable bonds is 3. The third kappa shape index (κ3) is 2.76. The van der Waals surface area contributed by atoms with Gasteiger partial charge in [-0.1, -0.05) is 12.2 Å². The summed E-state index contributed by atoms with van der Waals surface area (Å²) in [5.41, 5.74) is 0. The SMILES string of the molecule is O=C(NC1CCC=CCC1)c1ccc(-c2nn[nH]n2)o1. The summed E-state index contributed by atoms with van der Waals surface area (Å²) >= 11 is 0. The zero-order chi connectivity index (χ0) is 13.8. The van der Waals surface area contributed by atoms with Gasteiger partial charge in [0, 0.05) is 6.04 Å². The second-order valence-corrected chi connectivity index (χ2v) is 4.70. The maximum atomic E-state index is 12.1. The zero-order valence-electron chi connectivity index (χ0n) is 10.9. The molecule has 0 bridgehead atoms. The van der Waals surface area contributed by atoms with E-state index in [1.807, 2.05) is 0 Å². The molecule has 0 atom stereocenters. The van der Waals surface area contributed by atoms with Gasteiger partial charge in [-0.05, 0) is 43.0 Å². The van der Waals surface area contributed by atoms with Gasteiger partial charge in [0.1, 0.15) is 0 Å². The van der Waals surface area contributed by atoms with E-state index >= 15 is 0 Å². The van der Waals surface area contributed by atoms with Gasteiger partial charge in [0.15, 0.2) is 11.5 Å². The predicted octanol–water partition coefficient (Wildman–Crippen LogP) is 1.69. The molecule has 20 heavy (non-hydrogen) atoms. The van der Waals surface area contributed by atoms with Crippen LogP contribution in [0, 0.1) is 0 Å². The fourth-order valence-electron chi connectivity index (χ4n) is 2.22. The molecule has 0 fully saturated rings. The van der Waals surface area contributed by atoms with Gasteiger partial charge >= 0.3 is 0 Å². The highest BCUT2D eigenvalue weighted by atomic mass is 16.4. The van der Waals surface area contributed by atoms with E-state index in [1.165, 1.54) is 0 Å². The van der Waals surface area contributed by atoms with E-state index < -0.39 is 0 Å². The number of hydrogen-bond acceptors (Lipinski definition) is 5. The van der Waals surface area contributed by atoms with Crippen molar-refractivity contribution in [2.24, 2.45) is 0 Å². The summed E-state index contributed by atoms with van der Waals surface area (Å²) in [5, 5.41) is 16.4. The van der Waals surface area contributed by atoms with Crippen LogP contribution < -0.4 is 5.32 Å². The fourth-order valence-corrected chi connectivity index (χ4v) is 2.22. The molecule has 0 spiro atoms. The van der Waals surface area contributed by atoms with Crippen molar-refractivity contribution in [1.82, 2.24) is 25.9 Å². The second kappa shape index (κ2) is 5.68. The molecular weight excluding hydrogens is 258 g/mol. The Hall–Kier alpha value is -2.44. The van der Waals surface area contributed by atoms with Gasteiger partial charge in [0.25, 0.3) is 5.91 Å². The van der Waals surface area contributed by atoms with Crippen LogP contribution in [0.1, 0.15) is 36.2 Å². The normalized spacial score (nSPS) is 16.0. The van der Waals surface area contributed by atoms with Gasteiger partial charge in [-0.2, -0.15) is 5.21 Å². The van der Waals surface area contributed by atoms with E-state index in [-0.39, 0.29) is 17.7 Å². The number of amides is 1. The Labute approximate surface area is 115 Å². The Morgan fingerprint density at radius 2 is 2.10 bits per heavy atom. The molecule has 1 amide bonds. The lowest BCUT2D eigenvalue weighted by Crippen LogP contribution is -2.34. The Bertz CT molecular complexity index is 592. The first-order valence-electron chi connectivity index (χ1n) is 6.62. The first-order chi connectivity index (χ1) is 9.83. The maximum absolute atomic E-state index is 12.1. The Balaban J connectivity index is 1.65. The van der Waals surface area contributed by atoms with Crippen LogP contribution in [0.5, 0.6) is 0 Å². The highest BCUT2D eigenvalue weighted by Crippen LogP contribution is 2.18. The monoisotopic (exact) mass is 273 g/mol. The van der Waals surface area contributed by atoms with Crippen LogP contribution in [-0.4, -0.2) is 32.6 Å². The summed E-state index contributed by atoms with van der Waals surface area (Å²) < 4.78 is 5.45. The van der Waals surface area contributed by atoms with Crippen molar-refractivity contribution in [3.05, 3.63) is 30.0 Å². The summed E-state index contributed by atoms with van der Waals surface area (Å²) in [7, 11) is 0. The molecule has 0 radical (unpaired) electrons. The van der Waals surface area contributed by atoms with E-state index in [2.05, 4.69) is 38.1 Å². The molecule has 3 rings (SSSR count). The highest BCUT2D eigenvalue weighted by Gasteiger charge is 2.18. The van der Waals surface area contributed by atoms with E-state index in [0.29, 0.717) is 11.6 Å². The number of aromatic amines is 1. The van der Waals surface area contributed by atoms with Crippen LogP contribution in [0.4, 0.5) is 0 Å². The number of hydrogen-bond donors (Lipinski definition) is 2. The van der Waals surface area contributed by atoms with Crippen molar-refractivity contribution in [2.45, 2.75) is 31.7 Å². The Morgan fingerprint density at radius 3 is 2.80 bits per heavy atom. The van der Waals surface area contributed by atoms with Crippen LogP contribution in [0.3, 0.4) is 0 Å².